The van der Waals surface area contributed by atoms with Gasteiger partial charge in [-0.25, -0.2) is 9.79 Å². The third-order valence-corrected chi connectivity index (χ3v) is 6.80. The molecule has 1 heterocycles. The highest BCUT2D eigenvalue weighted by atomic mass is 32.2. The summed E-state index contributed by atoms with van der Waals surface area (Å²) in [6.45, 7) is 7.92. The summed E-state index contributed by atoms with van der Waals surface area (Å²) < 4.78 is 21.8. The highest BCUT2D eigenvalue weighted by molar-refractivity contribution is 8.14. The molecule has 1 aliphatic rings. The fourth-order valence-corrected chi connectivity index (χ4v) is 4.87. The first kappa shape index (κ1) is 28.9. The molecular formula is C28H35N3O6S. The van der Waals surface area contributed by atoms with Crippen molar-refractivity contribution < 1.29 is 28.5 Å². The van der Waals surface area contributed by atoms with Crippen LogP contribution in [0.15, 0.2) is 52.7 Å². The number of amides is 1. The highest BCUT2D eigenvalue weighted by Gasteiger charge is 2.32. The van der Waals surface area contributed by atoms with Crippen LogP contribution in [-0.2, 0) is 14.3 Å². The van der Waals surface area contributed by atoms with Crippen LogP contribution in [0, 0.1) is 0 Å². The number of esters is 1. The van der Waals surface area contributed by atoms with Gasteiger partial charge in [0.25, 0.3) is 0 Å². The number of carbonyl (C=O) groups excluding carboxylic acids is 2. The molecule has 0 bridgehead atoms. The molecule has 2 N–H and O–H groups in total. The molecule has 0 aromatic heterocycles. The summed E-state index contributed by atoms with van der Waals surface area (Å²) in [7, 11) is 4.57. The molecule has 1 atom stereocenters. The number of thioether (sulfide) groups is 1. The molecule has 0 radical (unpaired) electrons. The molecule has 10 heteroatoms. The quantitative estimate of drug-likeness (QED) is 0.403. The van der Waals surface area contributed by atoms with Gasteiger partial charge in [0.2, 0.25) is 11.7 Å². The molecule has 0 aliphatic carbocycles. The average molecular weight is 542 g/mol. The van der Waals surface area contributed by atoms with Gasteiger partial charge in [0.1, 0.15) is 6.04 Å². The summed E-state index contributed by atoms with van der Waals surface area (Å²) >= 11 is 1.25. The Labute approximate surface area is 228 Å². The second-order valence-corrected chi connectivity index (χ2v) is 9.72. The van der Waals surface area contributed by atoms with Crippen molar-refractivity contribution in [2.75, 3.05) is 39.0 Å². The van der Waals surface area contributed by atoms with E-state index in [-0.39, 0.29) is 24.2 Å². The first-order valence-electron chi connectivity index (χ1n) is 12.3. The second-order valence-electron chi connectivity index (χ2n) is 8.76. The molecule has 0 fully saturated rings. The number of aliphatic imine (C=N–C) groups is 1. The molecule has 204 valence electrons. The molecule has 0 unspecified atom stereocenters. The Kier molecular flexibility index (Phi) is 10.1. The molecule has 0 spiro atoms. The van der Waals surface area contributed by atoms with Gasteiger partial charge >= 0.3 is 5.97 Å². The number of nitrogens with zero attached hydrogens (tertiary/aromatic N) is 1. The van der Waals surface area contributed by atoms with Gasteiger partial charge in [0.05, 0.1) is 39.3 Å². The van der Waals surface area contributed by atoms with E-state index in [1.807, 2.05) is 24.3 Å². The predicted molar refractivity (Wildman–Crippen MR) is 150 cm³/mol. The number of anilines is 1. The topological polar surface area (TPSA) is 107 Å². The molecule has 2 aromatic rings. The fourth-order valence-electron chi connectivity index (χ4n) is 4.13. The zero-order valence-electron chi connectivity index (χ0n) is 22.8. The van der Waals surface area contributed by atoms with E-state index in [1.54, 1.807) is 26.0 Å². The van der Waals surface area contributed by atoms with Gasteiger partial charge in [0.15, 0.2) is 16.7 Å². The third kappa shape index (κ3) is 6.61. The van der Waals surface area contributed by atoms with Crippen molar-refractivity contribution in [1.29, 1.82) is 0 Å². The normalized spacial score (nSPS) is 14.9. The second kappa shape index (κ2) is 13.2. The summed E-state index contributed by atoms with van der Waals surface area (Å²) in [6, 6.07) is 10.6. The van der Waals surface area contributed by atoms with Crippen molar-refractivity contribution in [1.82, 2.24) is 5.32 Å². The molecule has 0 saturated carbocycles. The Bertz CT molecular complexity index is 1220. The lowest BCUT2D eigenvalue weighted by atomic mass is 9.96. The van der Waals surface area contributed by atoms with Crippen LogP contribution in [0.25, 0.3) is 0 Å². The van der Waals surface area contributed by atoms with E-state index in [1.165, 1.54) is 33.1 Å². The summed E-state index contributed by atoms with van der Waals surface area (Å²) in [5.74, 6) is 1.08. The maximum atomic E-state index is 12.9. The number of ether oxygens (including phenoxy) is 4. The van der Waals surface area contributed by atoms with E-state index in [2.05, 4.69) is 24.5 Å². The minimum Gasteiger partial charge on any atom is -0.493 e. The number of hydrogen-bond donors (Lipinski definition) is 2. The molecular weight excluding hydrogens is 506 g/mol. The van der Waals surface area contributed by atoms with Gasteiger partial charge < -0.3 is 29.6 Å². The van der Waals surface area contributed by atoms with Gasteiger partial charge in [-0.15, -0.1) is 0 Å². The van der Waals surface area contributed by atoms with Crippen molar-refractivity contribution in [2.45, 2.75) is 39.7 Å². The highest BCUT2D eigenvalue weighted by Crippen LogP contribution is 2.43. The number of amidine groups is 1. The van der Waals surface area contributed by atoms with Crippen molar-refractivity contribution in [3.05, 3.63) is 58.8 Å². The number of benzene rings is 2. The number of nitrogens with one attached hydrogen (secondary N) is 2. The molecule has 1 amide bonds. The first-order valence-corrected chi connectivity index (χ1v) is 13.3. The van der Waals surface area contributed by atoms with Gasteiger partial charge in [-0.1, -0.05) is 43.8 Å². The van der Waals surface area contributed by atoms with Gasteiger partial charge in [-0.2, -0.15) is 0 Å². The van der Waals surface area contributed by atoms with Crippen LogP contribution in [0.3, 0.4) is 0 Å². The van der Waals surface area contributed by atoms with E-state index in [4.69, 9.17) is 23.9 Å². The van der Waals surface area contributed by atoms with Crippen LogP contribution in [0.2, 0.25) is 0 Å². The van der Waals surface area contributed by atoms with E-state index in [0.29, 0.717) is 39.2 Å². The van der Waals surface area contributed by atoms with E-state index < -0.39 is 12.0 Å². The molecule has 1 aliphatic heterocycles. The van der Waals surface area contributed by atoms with E-state index in [9.17, 15) is 9.59 Å². The standard InChI is InChI=1S/C28H35N3O6S/c1-8-37-27(33)24-17(4)29-28(38-15-23(32)30-20-12-10-9-11-19(20)16(2)3)31-25(24)18-13-21(34-5)26(36-7)22(14-18)35-6/h9-14,16,25H,8,15H2,1-7H3,(H,29,31)(H,30,32)/t25-/m1/s1. The first-order chi connectivity index (χ1) is 18.2. The number of hydrogen-bond acceptors (Lipinski definition) is 9. The van der Waals surface area contributed by atoms with Gasteiger partial charge in [-0.05, 0) is 49.1 Å². The Hall–Kier alpha value is -3.66. The predicted octanol–water partition coefficient (Wildman–Crippen LogP) is 5.05. The van der Waals surface area contributed by atoms with Crippen LogP contribution < -0.4 is 24.8 Å². The van der Waals surface area contributed by atoms with Crippen LogP contribution in [0.4, 0.5) is 5.69 Å². The number of para-hydroxylation sites is 1. The van der Waals surface area contributed by atoms with E-state index in [0.717, 1.165) is 11.3 Å². The van der Waals surface area contributed by atoms with E-state index >= 15 is 0 Å². The van der Waals surface area contributed by atoms with Crippen LogP contribution >= 0.6 is 11.8 Å². The van der Waals surface area contributed by atoms with Crippen molar-refractivity contribution in [3.8, 4) is 17.2 Å². The van der Waals surface area contributed by atoms with Crippen LogP contribution in [0.1, 0.15) is 50.8 Å². The van der Waals surface area contributed by atoms with Gasteiger partial charge in [-0.3, -0.25) is 4.79 Å². The van der Waals surface area contributed by atoms with Crippen molar-refractivity contribution in [3.63, 3.8) is 0 Å². The Morgan fingerprint density at radius 2 is 1.74 bits per heavy atom. The maximum absolute atomic E-state index is 12.9. The zero-order chi connectivity index (χ0) is 27.8. The van der Waals surface area contributed by atoms with Gasteiger partial charge in [0, 0.05) is 11.4 Å². The molecule has 38 heavy (non-hydrogen) atoms. The average Bonchev–Trinajstić information content (AvgIpc) is 2.90. The molecule has 2 aromatic carbocycles. The number of rotatable bonds is 10. The minimum atomic E-state index is -0.712. The lowest BCUT2D eigenvalue weighted by Gasteiger charge is -2.26. The largest absolute Gasteiger partial charge is 0.493 e. The summed E-state index contributed by atoms with van der Waals surface area (Å²) in [4.78, 5) is 30.5. The monoisotopic (exact) mass is 541 g/mol. The smallest absolute Gasteiger partial charge is 0.338 e. The fraction of sp³-hybridized carbons (Fsp3) is 0.393. The molecule has 3 rings (SSSR count). The summed E-state index contributed by atoms with van der Waals surface area (Å²) in [5, 5.41) is 6.66. The Morgan fingerprint density at radius 1 is 1.08 bits per heavy atom. The lowest BCUT2D eigenvalue weighted by molar-refractivity contribution is -0.139. The lowest BCUT2D eigenvalue weighted by Crippen LogP contribution is -2.31. The molecule has 9 nitrogen and oxygen atoms in total. The summed E-state index contributed by atoms with van der Waals surface area (Å²) in [6.07, 6.45) is 0. The number of allylic oxidation sites excluding steroid dienone is 1. The zero-order valence-corrected chi connectivity index (χ0v) is 23.7. The summed E-state index contributed by atoms with van der Waals surface area (Å²) in [5.41, 5.74) is 3.46. The molecule has 0 saturated heterocycles. The maximum Gasteiger partial charge on any atom is 0.338 e. The SMILES string of the molecule is CCOC(=O)C1=C(C)NC(SCC(=O)Nc2ccccc2C(C)C)=N[C@@H]1c1cc(OC)c(OC)c(OC)c1. The Morgan fingerprint density at radius 3 is 2.32 bits per heavy atom. The van der Waals surface area contributed by atoms with Crippen LogP contribution in [-0.4, -0.2) is 50.7 Å². The Balaban J connectivity index is 1.90. The minimum absolute atomic E-state index is 0.127. The van der Waals surface area contributed by atoms with Crippen LogP contribution in [0.5, 0.6) is 17.2 Å². The van der Waals surface area contributed by atoms with Crippen molar-refractivity contribution in [2.24, 2.45) is 4.99 Å². The number of carbonyl (C=O) groups is 2. The van der Waals surface area contributed by atoms with Crippen molar-refractivity contribution >= 4 is 34.5 Å². The number of methoxy groups -OCH3 is 3. The third-order valence-electron chi connectivity index (χ3n) is 5.91.